The van der Waals surface area contributed by atoms with Gasteiger partial charge in [-0.15, -0.1) is 0 Å². The number of alkyl halides is 3. The maximum atomic E-state index is 12.8. The summed E-state index contributed by atoms with van der Waals surface area (Å²) in [7, 11) is 0. The number of carbonyl (C=O) groups excluding carboxylic acids is 1. The summed E-state index contributed by atoms with van der Waals surface area (Å²) in [6, 6.07) is 5.36. The molecule has 0 aliphatic carbocycles. The molecule has 1 N–H and O–H groups in total. The van der Waals surface area contributed by atoms with E-state index in [2.05, 4.69) is 5.32 Å². The molecule has 21 heavy (non-hydrogen) atoms. The first kappa shape index (κ1) is 15.8. The summed E-state index contributed by atoms with van der Waals surface area (Å²) in [6.45, 7) is 2.09. The summed E-state index contributed by atoms with van der Waals surface area (Å²) in [5, 5.41) is 2.78. The number of amides is 1. The van der Waals surface area contributed by atoms with Gasteiger partial charge in [0.2, 0.25) is 5.91 Å². The minimum atomic E-state index is -4.38. The maximum absolute atomic E-state index is 12.8. The third kappa shape index (κ3) is 4.44. The number of rotatable bonds is 4. The molecule has 1 saturated heterocycles. The monoisotopic (exact) mass is 302 g/mol. The first-order chi connectivity index (χ1) is 9.98. The van der Waals surface area contributed by atoms with Gasteiger partial charge in [0.1, 0.15) is 0 Å². The number of halogens is 3. The summed E-state index contributed by atoms with van der Waals surface area (Å²) < 4.78 is 43.6. The molecule has 0 unspecified atom stereocenters. The Morgan fingerprint density at radius 3 is 2.57 bits per heavy atom. The van der Waals surface area contributed by atoms with Gasteiger partial charge < -0.3 is 15.0 Å². The van der Waals surface area contributed by atoms with E-state index >= 15 is 0 Å². The Kier molecular flexibility index (Phi) is 5.19. The molecule has 1 amide bonds. The van der Waals surface area contributed by atoms with Crippen LogP contribution < -0.4 is 5.32 Å². The van der Waals surface area contributed by atoms with Crippen molar-refractivity contribution in [3.63, 3.8) is 0 Å². The Bertz CT molecular complexity index is 485. The van der Waals surface area contributed by atoms with Crippen LogP contribution in [0.1, 0.15) is 11.1 Å². The zero-order valence-electron chi connectivity index (χ0n) is 11.4. The van der Waals surface area contributed by atoms with Crippen LogP contribution in [0.2, 0.25) is 0 Å². The number of hydrogen-bond acceptors (Lipinski definition) is 3. The molecule has 0 atom stereocenters. The van der Waals surface area contributed by atoms with E-state index in [0.29, 0.717) is 26.3 Å². The van der Waals surface area contributed by atoms with Gasteiger partial charge in [-0.05, 0) is 11.6 Å². The second kappa shape index (κ2) is 6.91. The fourth-order valence-corrected chi connectivity index (χ4v) is 2.18. The number of carbonyl (C=O) groups is 1. The number of nitrogens with one attached hydrogen (secondary N) is 1. The molecule has 0 aromatic heterocycles. The van der Waals surface area contributed by atoms with Crippen LogP contribution in [0.4, 0.5) is 13.2 Å². The van der Waals surface area contributed by atoms with Gasteiger partial charge in [-0.2, -0.15) is 13.2 Å². The second-order valence-electron chi connectivity index (χ2n) is 4.75. The Hall–Kier alpha value is -1.60. The van der Waals surface area contributed by atoms with Crippen molar-refractivity contribution in [3.05, 3.63) is 35.4 Å². The Balaban J connectivity index is 1.87. The van der Waals surface area contributed by atoms with E-state index in [1.807, 2.05) is 0 Å². The summed E-state index contributed by atoms with van der Waals surface area (Å²) >= 11 is 0. The van der Waals surface area contributed by atoms with Crippen molar-refractivity contribution in [2.75, 3.05) is 32.8 Å². The van der Waals surface area contributed by atoms with Gasteiger partial charge >= 0.3 is 6.18 Å². The third-order valence-corrected chi connectivity index (χ3v) is 3.28. The van der Waals surface area contributed by atoms with Gasteiger partial charge in [-0.3, -0.25) is 4.79 Å². The highest BCUT2D eigenvalue weighted by Gasteiger charge is 2.32. The van der Waals surface area contributed by atoms with Crippen LogP contribution in [-0.4, -0.2) is 43.7 Å². The average Bonchev–Trinajstić information content (AvgIpc) is 2.47. The molecule has 0 radical (unpaired) electrons. The Labute approximate surface area is 120 Å². The van der Waals surface area contributed by atoms with E-state index in [1.165, 1.54) is 12.1 Å². The average molecular weight is 302 g/mol. The van der Waals surface area contributed by atoms with E-state index in [1.54, 1.807) is 11.0 Å². The number of ether oxygens (including phenoxy) is 1. The van der Waals surface area contributed by atoms with Crippen LogP contribution in [0.3, 0.4) is 0 Å². The highest BCUT2D eigenvalue weighted by Crippen LogP contribution is 2.31. The minimum absolute atomic E-state index is 0.00572. The lowest BCUT2D eigenvalue weighted by Crippen LogP contribution is -2.44. The van der Waals surface area contributed by atoms with Gasteiger partial charge in [0.05, 0.1) is 25.3 Å². The van der Waals surface area contributed by atoms with Gasteiger partial charge in [-0.1, -0.05) is 18.2 Å². The fraction of sp³-hybridized carbons (Fsp3) is 0.500. The normalized spacial score (nSPS) is 16.0. The summed E-state index contributed by atoms with van der Waals surface area (Å²) in [5.41, 5.74) is -0.531. The number of hydrogen-bond donors (Lipinski definition) is 1. The van der Waals surface area contributed by atoms with Crippen LogP contribution >= 0.6 is 0 Å². The Morgan fingerprint density at radius 1 is 1.24 bits per heavy atom. The van der Waals surface area contributed by atoms with Crippen molar-refractivity contribution in [1.82, 2.24) is 10.2 Å². The lowest BCUT2D eigenvalue weighted by Gasteiger charge is -2.27. The maximum Gasteiger partial charge on any atom is 0.416 e. The first-order valence-corrected chi connectivity index (χ1v) is 6.70. The zero-order chi connectivity index (χ0) is 15.3. The molecule has 0 bridgehead atoms. The summed E-state index contributed by atoms with van der Waals surface area (Å²) in [6.07, 6.45) is -4.38. The molecule has 1 heterocycles. The van der Waals surface area contributed by atoms with E-state index in [0.717, 1.165) is 6.07 Å². The topological polar surface area (TPSA) is 41.6 Å². The molecule has 1 aliphatic heterocycles. The van der Waals surface area contributed by atoms with Crippen LogP contribution in [0.25, 0.3) is 0 Å². The smallest absolute Gasteiger partial charge is 0.378 e. The molecular formula is C14H17F3N2O2. The lowest BCUT2D eigenvalue weighted by molar-refractivity contribution is -0.138. The molecule has 4 nitrogen and oxygen atoms in total. The molecule has 1 aromatic rings. The van der Waals surface area contributed by atoms with Crippen molar-refractivity contribution in [2.24, 2.45) is 0 Å². The van der Waals surface area contributed by atoms with Crippen molar-refractivity contribution < 1.29 is 22.7 Å². The van der Waals surface area contributed by atoms with E-state index < -0.39 is 11.7 Å². The second-order valence-corrected chi connectivity index (χ2v) is 4.75. The first-order valence-electron chi connectivity index (χ1n) is 6.70. The molecule has 1 fully saturated rings. The van der Waals surface area contributed by atoms with Crippen LogP contribution in [0.5, 0.6) is 0 Å². The summed E-state index contributed by atoms with van der Waals surface area (Å²) in [5.74, 6) is -0.122. The van der Waals surface area contributed by atoms with Crippen LogP contribution in [0.15, 0.2) is 24.3 Å². The number of nitrogens with zero attached hydrogens (tertiary/aromatic N) is 1. The number of benzene rings is 1. The molecular weight excluding hydrogens is 285 g/mol. The number of morpholine rings is 1. The lowest BCUT2D eigenvalue weighted by atomic mass is 10.1. The van der Waals surface area contributed by atoms with E-state index in [-0.39, 0.29) is 24.6 Å². The Morgan fingerprint density at radius 2 is 1.90 bits per heavy atom. The third-order valence-electron chi connectivity index (χ3n) is 3.28. The predicted molar refractivity (Wildman–Crippen MR) is 70.5 cm³/mol. The SMILES string of the molecule is O=C(CNCc1ccccc1C(F)(F)F)N1CCOCC1. The van der Waals surface area contributed by atoms with Gasteiger partial charge in [0, 0.05) is 19.6 Å². The molecule has 116 valence electrons. The van der Waals surface area contributed by atoms with Crippen molar-refractivity contribution in [1.29, 1.82) is 0 Å². The molecule has 2 rings (SSSR count). The van der Waals surface area contributed by atoms with Crippen molar-refractivity contribution in [2.45, 2.75) is 12.7 Å². The zero-order valence-corrected chi connectivity index (χ0v) is 11.4. The highest BCUT2D eigenvalue weighted by atomic mass is 19.4. The van der Waals surface area contributed by atoms with Crippen LogP contribution in [0, 0.1) is 0 Å². The predicted octanol–water partition coefficient (Wildman–Crippen LogP) is 1.65. The summed E-state index contributed by atoms with van der Waals surface area (Å²) in [4.78, 5) is 13.5. The van der Waals surface area contributed by atoms with E-state index in [9.17, 15) is 18.0 Å². The van der Waals surface area contributed by atoms with Gasteiger partial charge in [0.25, 0.3) is 0 Å². The quantitative estimate of drug-likeness (QED) is 0.919. The van der Waals surface area contributed by atoms with Crippen molar-refractivity contribution in [3.8, 4) is 0 Å². The molecule has 1 aliphatic rings. The van der Waals surface area contributed by atoms with Crippen LogP contribution in [-0.2, 0) is 22.3 Å². The largest absolute Gasteiger partial charge is 0.416 e. The van der Waals surface area contributed by atoms with E-state index in [4.69, 9.17) is 4.74 Å². The van der Waals surface area contributed by atoms with Crippen molar-refractivity contribution >= 4 is 5.91 Å². The molecule has 7 heteroatoms. The highest BCUT2D eigenvalue weighted by molar-refractivity contribution is 5.78. The van der Waals surface area contributed by atoms with Gasteiger partial charge in [0.15, 0.2) is 0 Å². The fourth-order valence-electron chi connectivity index (χ4n) is 2.18. The molecule has 0 spiro atoms. The standard InChI is InChI=1S/C14H17F3N2O2/c15-14(16,17)12-4-2-1-3-11(12)9-18-10-13(20)19-5-7-21-8-6-19/h1-4,18H,5-10H2. The molecule has 1 aromatic carbocycles. The minimum Gasteiger partial charge on any atom is -0.378 e. The van der Waals surface area contributed by atoms with Gasteiger partial charge in [-0.25, -0.2) is 0 Å². The molecule has 0 saturated carbocycles.